The number of carbonyl (C=O) groups excluding carboxylic acids is 1. The van der Waals surface area contributed by atoms with Gasteiger partial charge in [-0.25, -0.2) is 4.98 Å². The van der Waals surface area contributed by atoms with Gasteiger partial charge in [-0.05, 0) is 49.9 Å². The van der Waals surface area contributed by atoms with Crippen molar-refractivity contribution in [2.75, 3.05) is 38.2 Å². The normalized spacial score (nSPS) is 12.6. The van der Waals surface area contributed by atoms with Crippen LogP contribution in [0.2, 0.25) is 0 Å². The van der Waals surface area contributed by atoms with Crippen LogP contribution in [0.25, 0.3) is 10.6 Å². The Hall–Kier alpha value is -3.10. The molecule has 0 fully saturated rings. The molecule has 0 atom stereocenters. The lowest BCUT2D eigenvalue weighted by Crippen LogP contribution is -2.32. The van der Waals surface area contributed by atoms with Crippen LogP contribution in [0.15, 0.2) is 47.8 Å². The lowest BCUT2D eigenvalue weighted by molar-refractivity contribution is -0.117. The van der Waals surface area contributed by atoms with E-state index in [9.17, 15) is 4.79 Å². The van der Waals surface area contributed by atoms with Gasteiger partial charge in [0.25, 0.3) is 0 Å². The Labute approximate surface area is 191 Å². The maximum atomic E-state index is 12.6. The average Bonchev–Trinajstić information content (AvgIpc) is 3.27. The van der Waals surface area contributed by atoms with Gasteiger partial charge >= 0.3 is 0 Å². The highest BCUT2D eigenvalue weighted by molar-refractivity contribution is 7.13. The van der Waals surface area contributed by atoms with E-state index in [4.69, 9.17) is 19.2 Å². The Bertz CT molecular complexity index is 1050. The predicted octanol–water partition coefficient (Wildman–Crippen LogP) is 4.44. The summed E-state index contributed by atoms with van der Waals surface area (Å²) in [6.45, 7) is 7.34. The number of hydrogen-bond acceptors (Lipinski definition) is 7. The van der Waals surface area contributed by atoms with Crippen molar-refractivity contribution < 1.29 is 19.0 Å². The summed E-state index contributed by atoms with van der Waals surface area (Å²) in [7, 11) is 0. The van der Waals surface area contributed by atoms with Crippen molar-refractivity contribution in [2.45, 2.75) is 20.4 Å². The number of ether oxygens (including phenoxy) is 3. The molecule has 1 aliphatic heterocycles. The zero-order valence-corrected chi connectivity index (χ0v) is 19.1. The number of aromatic nitrogens is 1. The van der Waals surface area contributed by atoms with E-state index in [-0.39, 0.29) is 12.5 Å². The van der Waals surface area contributed by atoms with Gasteiger partial charge in [0.1, 0.15) is 24.0 Å². The van der Waals surface area contributed by atoms with Crippen LogP contribution in [0.3, 0.4) is 0 Å². The Kier molecular flexibility index (Phi) is 7.24. The summed E-state index contributed by atoms with van der Waals surface area (Å²) in [5, 5.41) is 5.95. The highest BCUT2D eigenvalue weighted by Gasteiger charge is 2.15. The first-order valence-electron chi connectivity index (χ1n) is 10.7. The number of anilines is 1. The molecule has 8 heteroatoms. The molecule has 0 bridgehead atoms. The van der Waals surface area contributed by atoms with E-state index in [0.29, 0.717) is 43.6 Å². The second-order valence-electron chi connectivity index (χ2n) is 7.31. The monoisotopic (exact) mass is 453 g/mol. The molecule has 3 aromatic rings. The van der Waals surface area contributed by atoms with Gasteiger partial charge < -0.3 is 19.5 Å². The maximum Gasteiger partial charge on any atom is 0.238 e. The number of likely N-dealkylation sites (N-methyl/N-ethyl adjacent to an activating group) is 1. The van der Waals surface area contributed by atoms with E-state index in [2.05, 4.69) is 10.2 Å². The second-order valence-corrected chi connectivity index (χ2v) is 8.17. The maximum absolute atomic E-state index is 12.6. The van der Waals surface area contributed by atoms with Crippen molar-refractivity contribution in [3.8, 4) is 27.8 Å². The molecular formula is C24H27N3O4S. The SMILES string of the molecule is CCOc1ccc(-c2nc(CN(CC)CC(=O)Nc3ccc4c(c3)OCCO4)cs2)cc1. The summed E-state index contributed by atoms with van der Waals surface area (Å²) >= 11 is 1.60. The van der Waals surface area contributed by atoms with Gasteiger partial charge in [-0.1, -0.05) is 6.92 Å². The van der Waals surface area contributed by atoms with Gasteiger partial charge in [-0.2, -0.15) is 0 Å². The van der Waals surface area contributed by atoms with Crippen LogP contribution >= 0.6 is 11.3 Å². The molecule has 0 aliphatic carbocycles. The van der Waals surface area contributed by atoms with Crippen molar-refractivity contribution in [2.24, 2.45) is 0 Å². The van der Waals surface area contributed by atoms with Gasteiger partial charge in [-0.3, -0.25) is 9.69 Å². The quantitative estimate of drug-likeness (QED) is 0.516. The minimum atomic E-state index is -0.0782. The van der Waals surface area contributed by atoms with Gasteiger partial charge in [0.2, 0.25) is 5.91 Å². The Morgan fingerprint density at radius 1 is 1.12 bits per heavy atom. The number of nitrogens with one attached hydrogen (secondary N) is 1. The van der Waals surface area contributed by atoms with Crippen LogP contribution in [-0.4, -0.2) is 48.7 Å². The summed E-state index contributed by atoms with van der Waals surface area (Å²) in [6.07, 6.45) is 0. The minimum absolute atomic E-state index is 0.0782. The number of benzene rings is 2. The van der Waals surface area contributed by atoms with E-state index in [1.165, 1.54) is 0 Å². The molecule has 168 valence electrons. The van der Waals surface area contributed by atoms with Crippen molar-refractivity contribution in [3.05, 3.63) is 53.5 Å². The number of carbonyl (C=O) groups is 1. The summed E-state index contributed by atoms with van der Waals surface area (Å²) in [6, 6.07) is 13.4. The summed E-state index contributed by atoms with van der Waals surface area (Å²) in [5.74, 6) is 2.14. The molecule has 1 aliphatic rings. The molecule has 1 N–H and O–H groups in total. The molecule has 1 aromatic heterocycles. The fourth-order valence-electron chi connectivity index (χ4n) is 3.41. The van der Waals surface area contributed by atoms with Crippen LogP contribution < -0.4 is 19.5 Å². The number of amides is 1. The first-order chi connectivity index (χ1) is 15.6. The molecule has 0 saturated carbocycles. The summed E-state index contributed by atoms with van der Waals surface area (Å²) in [4.78, 5) is 19.4. The Morgan fingerprint density at radius 2 is 1.91 bits per heavy atom. The first kappa shape index (κ1) is 22.1. The molecule has 0 saturated heterocycles. The van der Waals surface area contributed by atoms with E-state index >= 15 is 0 Å². The lowest BCUT2D eigenvalue weighted by Gasteiger charge is -2.20. The van der Waals surface area contributed by atoms with Gasteiger partial charge in [-0.15, -0.1) is 11.3 Å². The van der Waals surface area contributed by atoms with E-state index in [0.717, 1.165) is 28.6 Å². The standard InChI is InChI=1S/C24H27N3O4S/c1-3-27(15-23(28)25-18-7-10-21-22(13-18)31-12-11-30-21)14-19-16-32-24(26-19)17-5-8-20(9-6-17)29-4-2/h5-10,13,16H,3-4,11-12,14-15H2,1-2H3,(H,25,28). The van der Waals surface area contributed by atoms with Crippen LogP contribution in [-0.2, 0) is 11.3 Å². The molecular weight excluding hydrogens is 426 g/mol. The lowest BCUT2D eigenvalue weighted by atomic mass is 10.2. The molecule has 2 aromatic carbocycles. The third kappa shape index (κ3) is 5.57. The highest BCUT2D eigenvalue weighted by Crippen LogP contribution is 2.32. The van der Waals surface area contributed by atoms with Crippen molar-refractivity contribution >= 4 is 22.9 Å². The molecule has 4 rings (SSSR count). The minimum Gasteiger partial charge on any atom is -0.494 e. The number of nitrogens with zero attached hydrogens (tertiary/aromatic N) is 2. The van der Waals surface area contributed by atoms with E-state index in [1.807, 2.05) is 55.6 Å². The fraction of sp³-hybridized carbons (Fsp3) is 0.333. The molecule has 0 radical (unpaired) electrons. The molecule has 0 unspecified atom stereocenters. The zero-order valence-electron chi connectivity index (χ0n) is 18.3. The molecule has 2 heterocycles. The Balaban J connectivity index is 1.34. The summed E-state index contributed by atoms with van der Waals surface area (Å²) < 4.78 is 16.6. The predicted molar refractivity (Wildman–Crippen MR) is 126 cm³/mol. The number of fused-ring (bicyclic) bond motifs is 1. The number of rotatable bonds is 9. The second kappa shape index (κ2) is 10.5. The zero-order chi connectivity index (χ0) is 22.3. The largest absolute Gasteiger partial charge is 0.494 e. The van der Waals surface area contributed by atoms with Crippen LogP contribution in [0.5, 0.6) is 17.2 Å². The third-order valence-corrected chi connectivity index (χ3v) is 5.93. The van der Waals surface area contributed by atoms with Crippen molar-refractivity contribution in [1.82, 2.24) is 9.88 Å². The smallest absolute Gasteiger partial charge is 0.238 e. The van der Waals surface area contributed by atoms with Crippen LogP contribution in [0.1, 0.15) is 19.5 Å². The van der Waals surface area contributed by atoms with E-state index in [1.54, 1.807) is 17.4 Å². The van der Waals surface area contributed by atoms with E-state index < -0.39 is 0 Å². The summed E-state index contributed by atoms with van der Waals surface area (Å²) in [5.41, 5.74) is 2.71. The van der Waals surface area contributed by atoms with Crippen LogP contribution in [0.4, 0.5) is 5.69 Å². The van der Waals surface area contributed by atoms with Crippen molar-refractivity contribution in [3.63, 3.8) is 0 Å². The molecule has 32 heavy (non-hydrogen) atoms. The topological polar surface area (TPSA) is 72.9 Å². The van der Waals surface area contributed by atoms with Gasteiger partial charge in [0.05, 0.1) is 18.8 Å². The van der Waals surface area contributed by atoms with Crippen molar-refractivity contribution in [1.29, 1.82) is 0 Å². The first-order valence-corrected chi connectivity index (χ1v) is 11.6. The van der Waals surface area contributed by atoms with Gasteiger partial charge in [0, 0.05) is 29.2 Å². The van der Waals surface area contributed by atoms with Gasteiger partial charge in [0.15, 0.2) is 11.5 Å². The fourth-order valence-corrected chi connectivity index (χ4v) is 4.22. The molecule has 0 spiro atoms. The molecule has 7 nitrogen and oxygen atoms in total. The molecule has 1 amide bonds. The number of hydrogen-bond donors (Lipinski definition) is 1. The van der Waals surface area contributed by atoms with Crippen LogP contribution in [0, 0.1) is 0 Å². The average molecular weight is 454 g/mol. The third-order valence-electron chi connectivity index (χ3n) is 4.99. The number of thiazole rings is 1. The highest BCUT2D eigenvalue weighted by atomic mass is 32.1. The Morgan fingerprint density at radius 3 is 2.66 bits per heavy atom.